The quantitative estimate of drug-likeness (QED) is 0.662. The van der Waals surface area contributed by atoms with Gasteiger partial charge in [-0.25, -0.2) is 4.79 Å². The van der Waals surface area contributed by atoms with Gasteiger partial charge in [0.15, 0.2) is 6.10 Å². The molecule has 1 rings (SSSR count). The van der Waals surface area contributed by atoms with E-state index < -0.39 is 24.0 Å². The van der Waals surface area contributed by atoms with Crippen molar-refractivity contribution < 1.29 is 24.2 Å². The van der Waals surface area contributed by atoms with E-state index in [9.17, 15) is 9.59 Å². The smallest absolute Gasteiger partial charge is 0.336 e. The van der Waals surface area contributed by atoms with Crippen LogP contribution in [0, 0.1) is 5.92 Å². The van der Waals surface area contributed by atoms with Gasteiger partial charge in [-0.3, -0.25) is 9.69 Å². The number of esters is 1. The second-order valence-electron chi connectivity index (χ2n) is 3.88. The summed E-state index contributed by atoms with van der Waals surface area (Å²) in [6.45, 7) is 3.53. The highest BCUT2D eigenvalue weighted by Gasteiger charge is 2.28. The van der Waals surface area contributed by atoms with Crippen LogP contribution in [-0.4, -0.2) is 61.4 Å². The Labute approximate surface area is 94.1 Å². The van der Waals surface area contributed by atoms with E-state index in [1.807, 2.05) is 4.90 Å². The summed E-state index contributed by atoms with van der Waals surface area (Å²) in [5.41, 5.74) is 0. The topological polar surface area (TPSA) is 76.1 Å². The summed E-state index contributed by atoms with van der Waals surface area (Å²) < 4.78 is 9.82. The Morgan fingerprint density at radius 1 is 1.62 bits per heavy atom. The molecule has 0 radical (unpaired) electrons. The van der Waals surface area contributed by atoms with Gasteiger partial charge in [-0.05, 0) is 0 Å². The summed E-state index contributed by atoms with van der Waals surface area (Å²) in [6, 6.07) is 0. The van der Waals surface area contributed by atoms with Crippen molar-refractivity contribution in [2.24, 2.45) is 5.92 Å². The van der Waals surface area contributed by atoms with Crippen LogP contribution >= 0.6 is 0 Å². The van der Waals surface area contributed by atoms with Gasteiger partial charge in [0, 0.05) is 19.6 Å². The molecule has 0 spiro atoms. The Morgan fingerprint density at radius 2 is 2.31 bits per heavy atom. The highest BCUT2D eigenvalue weighted by Crippen LogP contribution is 2.09. The standard InChI is InChI=1S/C10H17NO5/c1-7(9(12)13)5-11-3-4-16-8(6-11)10(14)15-2/h7-8H,3-6H2,1-2H3,(H,12,13). The molecule has 6 nitrogen and oxygen atoms in total. The molecule has 0 aliphatic carbocycles. The van der Waals surface area contributed by atoms with E-state index in [0.29, 0.717) is 26.2 Å². The summed E-state index contributed by atoms with van der Waals surface area (Å²) in [7, 11) is 1.31. The van der Waals surface area contributed by atoms with E-state index >= 15 is 0 Å². The highest BCUT2D eigenvalue weighted by molar-refractivity contribution is 5.75. The number of carboxylic acids is 1. The van der Waals surface area contributed by atoms with Gasteiger partial charge in [-0.1, -0.05) is 6.92 Å². The highest BCUT2D eigenvalue weighted by atomic mass is 16.6. The van der Waals surface area contributed by atoms with Crippen LogP contribution in [-0.2, 0) is 19.1 Å². The summed E-state index contributed by atoms with van der Waals surface area (Å²) >= 11 is 0. The van der Waals surface area contributed by atoms with E-state index in [2.05, 4.69) is 4.74 Å². The molecule has 0 saturated carbocycles. The molecule has 0 aromatic carbocycles. The predicted molar refractivity (Wildman–Crippen MR) is 55.0 cm³/mol. The molecule has 0 aromatic rings. The Balaban J connectivity index is 2.44. The number of carbonyl (C=O) groups excluding carboxylic acids is 1. The fourth-order valence-electron chi connectivity index (χ4n) is 1.61. The lowest BCUT2D eigenvalue weighted by Gasteiger charge is -2.32. The third-order valence-corrected chi connectivity index (χ3v) is 2.57. The number of carboxylic acid groups (broad SMARTS) is 1. The van der Waals surface area contributed by atoms with Crippen molar-refractivity contribution in [3.05, 3.63) is 0 Å². The number of hydrogen-bond acceptors (Lipinski definition) is 5. The van der Waals surface area contributed by atoms with Crippen LogP contribution in [0.15, 0.2) is 0 Å². The number of hydrogen-bond donors (Lipinski definition) is 1. The van der Waals surface area contributed by atoms with Gasteiger partial charge in [-0.2, -0.15) is 0 Å². The Morgan fingerprint density at radius 3 is 2.88 bits per heavy atom. The fraction of sp³-hybridized carbons (Fsp3) is 0.800. The molecule has 1 N–H and O–H groups in total. The van der Waals surface area contributed by atoms with Crippen LogP contribution in [0.3, 0.4) is 0 Å². The van der Waals surface area contributed by atoms with Crippen LogP contribution in [0.4, 0.5) is 0 Å². The first kappa shape index (κ1) is 12.9. The van der Waals surface area contributed by atoms with Crippen LogP contribution < -0.4 is 0 Å². The zero-order chi connectivity index (χ0) is 12.1. The molecule has 1 saturated heterocycles. The molecule has 92 valence electrons. The first-order valence-electron chi connectivity index (χ1n) is 5.19. The van der Waals surface area contributed by atoms with Crippen molar-refractivity contribution >= 4 is 11.9 Å². The predicted octanol–water partition coefficient (Wildman–Crippen LogP) is -0.419. The minimum Gasteiger partial charge on any atom is -0.481 e. The molecule has 1 fully saturated rings. The van der Waals surface area contributed by atoms with Gasteiger partial charge < -0.3 is 14.6 Å². The maximum atomic E-state index is 11.2. The summed E-state index contributed by atoms with van der Waals surface area (Å²) in [4.78, 5) is 23.8. The lowest BCUT2D eigenvalue weighted by Crippen LogP contribution is -2.48. The lowest BCUT2D eigenvalue weighted by atomic mass is 10.1. The Kier molecular flexibility index (Phi) is 4.70. The van der Waals surface area contributed by atoms with Gasteiger partial charge in [-0.15, -0.1) is 0 Å². The van der Waals surface area contributed by atoms with E-state index in [0.717, 1.165) is 0 Å². The molecule has 0 amide bonds. The second-order valence-corrected chi connectivity index (χ2v) is 3.88. The molecule has 2 atom stereocenters. The van der Waals surface area contributed by atoms with Gasteiger partial charge in [0.05, 0.1) is 19.6 Å². The average Bonchev–Trinajstić information content (AvgIpc) is 2.28. The van der Waals surface area contributed by atoms with Gasteiger partial charge in [0.1, 0.15) is 0 Å². The van der Waals surface area contributed by atoms with Crippen molar-refractivity contribution in [2.45, 2.75) is 13.0 Å². The molecule has 16 heavy (non-hydrogen) atoms. The van der Waals surface area contributed by atoms with Crippen molar-refractivity contribution in [2.75, 3.05) is 33.4 Å². The first-order chi connectivity index (χ1) is 7.54. The molecule has 1 aliphatic heterocycles. The number of aliphatic carboxylic acids is 1. The normalized spacial score (nSPS) is 23.8. The number of morpholine rings is 1. The molecule has 6 heteroatoms. The van der Waals surface area contributed by atoms with Crippen LogP contribution in [0.5, 0.6) is 0 Å². The number of carbonyl (C=O) groups is 2. The molecule has 1 aliphatic rings. The molecule has 1 heterocycles. The lowest BCUT2D eigenvalue weighted by molar-refractivity contribution is -0.160. The summed E-state index contributed by atoms with van der Waals surface area (Å²) in [5, 5.41) is 8.78. The zero-order valence-electron chi connectivity index (χ0n) is 9.51. The molecule has 0 aromatic heterocycles. The number of methoxy groups -OCH3 is 1. The maximum Gasteiger partial charge on any atom is 0.336 e. The first-order valence-corrected chi connectivity index (χ1v) is 5.19. The number of rotatable bonds is 4. The third kappa shape index (κ3) is 3.46. The summed E-state index contributed by atoms with van der Waals surface area (Å²) in [5.74, 6) is -1.69. The van der Waals surface area contributed by atoms with E-state index in [-0.39, 0.29) is 0 Å². The van der Waals surface area contributed by atoms with Crippen LogP contribution in [0.1, 0.15) is 6.92 Å². The molecular weight excluding hydrogens is 214 g/mol. The van der Waals surface area contributed by atoms with Crippen LogP contribution in [0.25, 0.3) is 0 Å². The fourth-order valence-corrected chi connectivity index (χ4v) is 1.61. The number of nitrogens with zero attached hydrogens (tertiary/aromatic N) is 1. The average molecular weight is 231 g/mol. The third-order valence-electron chi connectivity index (χ3n) is 2.57. The second kappa shape index (κ2) is 5.81. The van der Waals surface area contributed by atoms with Crippen molar-refractivity contribution in [3.8, 4) is 0 Å². The van der Waals surface area contributed by atoms with Gasteiger partial charge in [0.25, 0.3) is 0 Å². The Hall–Kier alpha value is -1.14. The van der Waals surface area contributed by atoms with E-state index in [1.165, 1.54) is 7.11 Å². The molecule has 0 bridgehead atoms. The van der Waals surface area contributed by atoms with Gasteiger partial charge in [0.2, 0.25) is 0 Å². The van der Waals surface area contributed by atoms with E-state index in [1.54, 1.807) is 6.92 Å². The monoisotopic (exact) mass is 231 g/mol. The molecular formula is C10H17NO5. The largest absolute Gasteiger partial charge is 0.481 e. The van der Waals surface area contributed by atoms with Crippen molar-refractivity contribution in [1.82, 2.24) is 4.90 Å². The molecule has 2 unspecified atom stereocenters. The zero-order valence-corrected chi connectivity index (χ0v) is 9.51. The minimum atomic E-state index is -0.832. The van der Waals surface area contributed by atoms with Crippen molar-refractivity contribution in [1.29, 1.82) is 0 Å². The Bertz CT molecular complexity index is 268. The van der Waals surface area contributed by atoms with E-state index in [4.69, 9.17) is 9.84 Å². The SMILES string of the molecule is COC(=O)C1CN(CC(C)C(=O)O)CCO1. The summed E-state index contributed by atoms with van der Waals surface area (Å²) in [6.07, 6.45) is -0.597. The maximum absolute atomic E-state index is 11.2. The van der Waals surface area contributed by atoms with Crippen LogP contribution in [0.2, 0.25) is 0 Å². The number of ether oxygens (including phenoxy) is 2. The van der Waals surface area contributed by atoms with Gasteiger partial charge >= 0.3 is 11.9 Å². The minimum absolute atomic E-state index is 0.393. The van der Waals surface area contributed by atoms with Crippen molar-refractivity contribution in [3.63, 3.8) is 0 Å².